The van der Waals surface area contributed by atoms with Crippen LogP contribution in [0.15, 0.2) is 54.6 Å². The molecule has 2 rings (SSSR count). The average Bonchev–Trinajstić information content (AvgIpc) is 2.58. The minimum atomic E-state index is -0.907. The molecule has 0 aliphatic heterocycles. The van der Waals surface area contributed by atoms with Crippen molar-refractivity contribution < 1.29 is 19.4 Å². The molecule has 2 N–H and O–H groups in total. The molecule has 0 fully saturated rings. The zero-order valence-corrected chi connectivity index (χ0v) is 13.7. The van der Waals surface area contributed by atoms with E-state index in [9.17, 15) is 9.59 Å². The fraction of sp³-hybridized carbons (Fsp3) is 0.222. The second-order valence-corrected chi connectivity index (χ2v) is 5.69. The third-order valence-corrected chi connectivity index (χ3v) is 3.67. The maximum Gasteiger partial charge on any atom is 0.304 e. The van der Waals surface area contributed by atoms with Gasteiger partial charge in [0.15, 0.2) is 6.61 Å². The Morgan fingerprint density at radius 3 is 2.38 bits per heavy atom. The standard InChI is InChI=1S/C18H18ClNO4/c19-15-6-8-16(9-7-15)24-12-17(21)20-11-14(10-18(22)23)13-4-2-1-3-5-13/h1-9,14H,10-12H2,(H,20,21)(H,22,23)/t14-/m0/s1. The van der Waals surface area contributed by atoms with Crippen molar-refractivity contribution in [1.82, 2.24) is 5.32 Å². The van der Waals surface area contributed by atoms with Gasteiger partial charge >= 0.3 is 5.97 Å². The predicted molar refractivity (Wildman–Crippen MR) is 91.4 cm³/mol. The highest BCUT2D eigenvalue weighted by molar-refractivity contribution is 6.30. The first-order chi connectivity index (χ1) is 11.5. The lowest BCUT2D eigenvalue weighted by Crippen LogP contribution is -2.33. The summed E-state index contributed by atoms with van der Waals surface area (Å²) in [5, 5.41) is 12.3. The van der Waals surface area contributed by atoms with Crippen LogP contribution < -0.4 is 10.1 Å². The SMILES string of the molecule is O=C(O)C[C@@H](CNC(=O)COc1ccc(Cl)cc1)c1ccccc1. The molecule has 126 valence electrons. The maximum absolute atomic E-state index is 11.9. The number of ether oxygens (including phenoxy) is 1. The van der Waals surface area contributed by atoms with Gasteiger partial charge in [-0.15, -0.1) is 0 Å². The first-order valence-corrected chi connectivity index (χ1v) is 7.84. The summed E-state index contributed by atoms with van der Waals surface area (Å²) in [5.41, 5.74) is 0.874. The van der Waals surface area contributed by atoms with Crippen molar-refractivity contribution in [3.05, 3.63) is 65.2 Å². The van der Waals surface area contributed by atoms with Crippen LogP contribution in [0.4, 0.5) is 0 Å². The Balaban J connectivity index is 1.85. The molecular weight excluding hydrogens is 330 g/mol. The number of carboxylic acids is 1. The van der Waals surface area contributed by atoms with Crippen molar-refractivity contribution in [3.63, 3.8) is 0 Å². The molecule has 1 atom stereocenters. The summed E-state index contributed by atoms with van der Waals surface area (Å²) >= 11 is 5.78. The van der Waals surface area contributed by atoms with Crippen LogP contribution in [0.2, 0.25) is 5.02 Å². The van der Waals surface area contributed by atoms with Crippen molar-refractivity contribution >= 4 is 23.5 Å². The van der Waals surface area contributed by atoms with Crippen LogP contribution in [0.25, 0.3) is 0 Å². The number of hydrogen-bond acceptors (Lipinski definition) is 3. The van der Waals surface area contributed by atoms with Gasteiger partial charge in [-0.25, -0.2) is 0 Å². The third kappa shape index (κ3) is 5.93. The molecule has 24 heavy (non-hydrogen) atoms. The Kier molecular flexibility index (Phi) is 6.63. The highest BCUT2D eigenvalue weighted by atomic mass is 35.5. The van der Waals surface area contributed by atoms with Crippen LogP contribution in [0.1, 0.15) is 17.9 Å². The lowest BCUT2D eigenvalue weighted by atomic mass is 9.96. The third-order valence-electron chi connectivity index (χ3n) is 3.42. The van der Waals surface area contributed by atoms with Gasteiger partial charge in [0.05, 0.1) is 6.42 Å². The van der Waals surface area contributed by atoms with E-state index in [1.807, 2.05) is 30.3 Å². The van der Waals surface area contributed by atoms with E-state index in [1.54, 1.807) is 24.3 Å². The summed E-state index contributed by atoms with van der Waals surface area (Å²) in [5.74, 6) is -0.963. The van der Waals surface area contributed by atoms with Crippen LogP contribution >= 0.6 is 11.6 Å². The van der Waals surface area contributed by atoms with Crippen LogP contribution in [0, 0.1) is 0 Å². The molecular formula is C18H18ClNO4. The normalized spacial score (nSPS) is 11.5. The highest BCUT2D eigenvalue weighted by Crippen LogP contribution is 2.19. The van der Waals surface area contributed by atoms with E-state index in [0.29, 0.717) is 10.8 Å². The first kappa shape index (κ1) is 17.8. The number of hydrogen-bond donors (Lipinski definition) is 2. The van der Waals surface area contributed by atoms with Gasteiger partial charge in [-0.1, -0.05) is 41.9 Å². The molecule has 1 amide bonds. The quantitative estimate of drug-likeness (QED) is 0.769. The van der Waals surface area contributed by atoms with Gasteiger partial charge in [0, 0.05) is 17.5 Å². The smallest absolute Gasteiger partial charge is 0.304 e. The fourth-order valence-corrected chi connectivity index (χ4v) is 2.34. The number of carboxylic acid groups (broad SMARTS) is 1. The number of aliphatic carboxylic acids is 1. The van der Waals surface area contributed by atoms with Gasteiger partial charge in [-0.3, -0.25) is 9.59 Å². The fourth-order valence-electron chi connectivity index (χ4n) is 2.21. The number of amides is 1. The van der Waals surface area contributed by atoms with Crippen molar-refractivity contribution in [2.75, 3.05) is 13.2 Å². The Morgan fingerprint density at radius 2 is 1.75 bits per heavy atom. The van der Waals surface area contributed by atoms with E-state index in [4.69, 9.17) is 21.4 Å². The lowest BCUT2D eigenvalue weighted by molar-refractivity contribution is -0.137. The highest BCUT2D eigenvalue weighted by Gasteiger charge is 2.16. The van der Waals surface area contributed by atoms with Gasteiger partial charge in [-0.05, 0) is 29.8 Å². The first-order valence-electron chi connectivity index (χ1n) is 7.46. The maximum atomic E-state index is 11.9. The zero-order valence-electron chi connectivity index (χ0n) is 12.9. The Morgan fingerprint density at radius 1 is 1.08 bits per heavy atom. The van der Waals surface area contributed by atoms with Crippen LogP contribution in [0.3, 0.4) is 0 Å². The molecule has 2 aromatic carbocycles. The summed E-state index contributed by atoms with van der Waals surface area (Å²) in [6.45, 7) is 0.0926. The molecule has 5 nitrogen and oxygen atoms in total. The van der Waals surface area contributed by atoms with E-state index in [-0.39, 0.29) is 31.4 Å². The van der Waals surface area contributed by atoms with Crippen molar-refractivity contribution in [3.8, 4) is 5.75 Å². The van der Waals surface area contributed by atoms with Crippen LogP contribution in [-0.4, -0.2) is 30.1 Å². The second kappa shape index (κ2) is 8.93. The monoisotopic (exact) mass is 347 g/mol. The van der Waals surface area contributed by atoms with Crippen LogP contribution in [-0.2, 0) is 9.59 Å². The Hall–Kier alpha value is -2.53. The molecule has 0 heterocycles. The van der Waals surface area contributed by atoms with Crippen LogP contribution in [0.5, 0.6) is 5.75 Å². The van der Waals surface area contributed by atoms with E-state index in [1.165, 1.54) is 0 Å². The number of rotatable bonds is 8. The minimum absolute atomic E-state index is 0.0532. The summed E-state index contributed by atoms with van der Waals surface area (Å²) in [7, 11) is 0. The molecule has 6 heteroatoms. The average molecular weight is 348 g/mol. The molecule has 0 aromatic heterocycles. The Labute approximate surface area is 145 Å². The van der Waals surface area contributed by atoms with E-state index >= 15 is 0 Å². The van der Waals surface area contributed by atoms with E-state index in [2.05, 4.69) is 5.32 Å². The molecule has 0 saturated carbocycles. The van der Waals surface area contributed by atoms with Gasteiger partial charge in [0.1, 0.15) is 5.75 Å². The molecule has 0 spiro atoms. The molecule has 0 bridgehead atoms. The zero-order chi connectivity index (χ0) is 17.4. The summed E-state index contributed by atoms with van der Waals surface area (Å²) < 4.78 is 5.35. The summed E-state index contributed by atoms with van der Waals surface area (Å²) in [4.78, 5) is 22.9. The number of nitrogens with one attached hydrogen (secondary N) is 1. The summed E-state index contributed by atoms with van der Waals surface area (Å²) in [6.07, 6.45) is -0.0532. The second-order valence-electron chi connectivity index (χ2n) is 5.25. The van der Waals surface area contributed by atoms with Crippen molar-refractivity contribution in [2.24, 2.45) is 0 Å². The van der Waals surface area contributed by atoms with Gasteiger partial charge < -0.3 is 15.2 Å². The molecule has 0 radical (unpaired) electrons. The lowest BCUT2D eigenvalue weighted by Gasteiger charge is -2.16. The number of halogens is 1. The van der Waals surface area contributed by atoms with Crippen molar-refractivity contribution in [1.29, 1.82) is 0 Å². The van der Waals surface area contributed by atoms with E-state index in [0.717, 1.165) is 5.56 Å². The number of benzene rings is 2. The van der Waals surface area contributed by atoms with Gasteiger partial charge in [0.25, 0.3) is 5.91 Å². The molecule has 0 aliphatic carbocycles. The molecule has 0 saturated heterocycles. The Bertz CT molecular complexity index is 673. The number of carbonyl (C=O) groups is 2. The number of carbonyl (C=O) groups excluding carboxylic acids is 1. The summed E-state index contributed by atoms with van der Waals surface area (Å²) in [6, 6.07) is 15.9. The molecule has 0 unspecified atom stereocenters. The molecule has 2 aromatic rings. The largest absolute Gasteiger partial charge is 0.484 e. The minimum Gasteiger partial charge on any atom is -0.484 e. The topological polar surface area (TPSA) is 75.6 Å². The van der Waals surface area contributed by atoms with Crippen molar-refractivity contribution in [2.45, 2.75) is 12.3 Å². The molecule has 0 aliphatic rings. The predicted octanol–water partition coefficient (Wildman–Crippen LogP) is 3.09. The van der Waals surface area contributed by atoms with Gasteiger partial charge in [0.2, 0.25) is 0 Å². The van der Waals surface area contributed by atoms with E-state index < -0.39 is 5.97 Å². The van der Waals surface area contributed by atoms with Gasteiger partial charge in [-0.2, -0.15) is 0 Å².